The molecule has 8 heteroatoms. The Morgan fingerprint density at radius 3 is 2.41 bits per heavy atom. The first-order valence-electron chi connectivity index (χ1n) is 4.89. The minimum atomic E-state index is -4.60. The summed E-state index contributed by atoms with van der Waals surface area (Å²) in [5, 5.41) is 14.1. The van der Waals surface area contributed by atoms with Crippen molar-refractivity contribution in [1.82, 2.24) is 9.97 Å². The molecular weight excluding hydrogens is 237 g/mol. The molecule has 0 radical (unpaired) electrons. The van der Waals surface area contributed by atoms with Gasteiger partial charge in [-0.2, -0.15) is 13.2 Å². The largest absolute Gasteiger partial charge is 0.451 e. The highest BCUT2D eigenvalue weighted by Crippen LogP contribution is 2.28. The van der Waals surface area contributed by atoms with Crippen LogP contribution >= 0.6 is 0 Å². The van der Waals surface area contributed by atoms with Crippen molar-refractivity contribution < 1.29 is 18.3 Å². The lowest BCUT2D eigenvalue weighted by Crippen LogP contribution is -2.19. The molecule has 1 aromatic rings. The smallest absolute Gasteiger partial charge is 0.392 e. The van der Waals surface area contributed by atoms with Gasteiger partial charge in [0.2, 0.25) is 5.82 Å². The van der Waals surface area contributed by atoms with Gasteiger partial charge in [0.1, 0.15) is 11.6 Å². The van der Waals surface area contributed by atoms with E-state index < -0.39 is 18.1 Å². The number of aromatic nitrogens is 2. The van der Waals surface area contributed by atoms with Crippen molar-refractivity contribution in [3.05, 3.63) is 11.9 Å². The fourth-order valence-corrected chi connectivity index (χ4v) is 1.04. The molecule has 3 N–H and O–H groups in total. The summed E-state index contributed by atoms with van der Waals surface area (Å²) in [7, 11) is 1.46. The lowest BCUT2D eigenvalue weighted by Gasteiger charge is -2.12. The molecule has 17 heavy (non-hydrogen) atoms. The Bertz CT molecular complexity index is 381. The average molecular weight is 250 g/mol. The number of rotatable bonds is 4. The normalized spacial score (nSPS) is 13.3. The van der Waals surface area contributed by atoms with Gasteiger partial charge in [-0.3, -0.25) is 0 Å². The third-order valence-corrected chi connectivity index (χ3v) is 1.81. The molecule has 5 nitrogen and oxygen atoms in total. The molecule has 1 unspecified atom stereocenters. The molecule has 0 spiro atoms. The van der Waals surface area contributed by atoms with Crippen LogP contribution in [0.2, 0.25) is 0 Å². The molecule has 1 heterocycles. The standard InChI is InChI=1S/C9H13F3N4O/c1-5(17)4-14-7-3-6(13-2)15-8(16-7)9(10,11)12/h3,5,17H,4H2,1-2H3,(H2,13,14,15,16). The number of alkyl halides is 3. The average Bonchev–Trinajstić information content (AvgIpc) is 2.24. The second kappa shape index (κ2) is 5.17. The minimum absolute atomic E-state index is 0.0116. The maximum atomic E-state index is 12.5. The lowest BCUT2D eigenvalue weighted by atomic mass is 10.4. The first-order chi connectivity index (χ1) is 7.82. The predicted octanol–water partition coefficient (Wildman–Crippen LogP) is 1.33. The van der Waals surface area contributed by atoms with E-state index in [0.717, 1.165) is 0 Å². The number of hydrogen-bond acceptors (Lipinski definition) is 5. The fourth-order valence-electron chi connectivity index (χ4n) is 1.04. The van der Waals surface area contributed by atoms with Gasteiger partial charge in [-0.15, -0.1) is 0 Å². The highest BCUT2D eigenvalue weighted by atomic mass is 19.4. The maximum Gasteiger partial charge on any atom is 0.451 e. The molecule has 0 saturated heterocycles. The summed E-state index contributed by atoms with van der Waals surface area (Å²) in [6.45, 7) is 1.62. The molecule has 1 rings (SSSR count). The summed E-state index contributed by atoms with van der Waals surface area (Å²) < 4.78 is 37.4. The van der Waals surface area contributed by atoms with Crippen LogP contribution in [-0.4, -0.2) is 34.8 Å². The van der Waals surface area contributed by atoms with E-state index >= 15 is 0 Å². The van der Waals surface area contributed by atoms with E-state index in [9.17, 15) is 13.2 Å². The number of nitrogens with zero attached hydrogens (tertiary/aromatic N) is 2. The van der Waals surface area contributed by atoms with Crippen molar-refractivity contribution in [1.29, 1.82) is 0 Å². The minimum Gasteiger partial charge on any atom is -0.392 e. The van der Waals surface area contributed by atoms with Crippen LogP contribution in [0.4, 0.5) is 24.8 Å². The Labute approximate surface area is 96.1 Å². The van der Waals surface area contributed by atoms with E-state index in [4.69, 9.17) is 5.11 Å². The highest BCUT2D eigenvalue weighted by Gasteiger charge is 2.35. The van der Waals surface area contributed by atoms with Crippen molar-refractivity contribution in [2.45, 2.75) is 19.2 Å². The molecule has 1 aromatic heterocycles. The number of hydrogen-bond donors (Lipinski definition) is 3. The number of nitrogens with one attached hydrogen (secondary N) is 2. The molecule has 0 aliphatic carbocycles. The van der Waals surface area contributed by atoms with Crippen LogP contribution in [0.5, 0.6) is 0 Å². The summed E-state index contributed by atoms with van der Waals surface area (Å²) in [6.07, 6.45) is -5.29. The van der Waals surface area contributed by atoms with Gasteiger partial charge in [0, 0.05) is 19.7 Å². The van der Waals surface area contributed by atoms with Crippen molar-refractivity contribution in [3.8, 4) is 0 Å². The topological polar surface area (TPSA) is 70.1 Å². The molecule has 0 aliphatic rings. The molecule has 96 valence electrons. The Balaban J connectivity index is 2.97. The highest BCUT2D eigenvalue weighted by molar-refractivity contribution is 5.47. The summed E-state index contributed by atoms with van der Waals surface area (Å²) in [5.74, 6) is -1.16. The Morgan fingerprint density at radius 1 is 1.35 bits per heavy atom. The van der Waals surface area contributed by atoms with Crippen LogP contribution in [0.25, 0.3) is 0 Å². The summed E-state index contributed by atoms with van der Waals surface area (Å²) in [4.78, 5) is 6.63. The van der Waals surface area contributed by atoms with Gasteiger partial charge in [0.15, 0.2) is 0 Å². The lowest BCUT2D eigenvalue weighted by molar-refractivity contribution is -0.144. The summed E-state index contributed by atoms with van der Waals surface area (Å²) in [5.41, 5.74) is 0. The van der Waals surface area contributed by atoms with E-state index in [0.29, 0.717) is 0 Å². The van der Waals surface area contributed by atoms with Crippen molar-refractivity contribution >= 4 is 11.6 Å². The number of aliphatic hydroxyl groups is 1. The number of aliphatic hydroxyl groups excluding tert-OH is 1. The Morgan fingerprint density at radius 2 is 1.94 bits per heavy atom. The molecule has 1 atom stereocenters. The van der Waals surface area contributed by atoms with Crippen molar-refractivity contribution in [2.75, 3.05) is 24.2 Å². The van der Waals surface area contributed by atoms with Gasteiger partial charge in [-0.1, -0.05) is 0 Å². The van der Waals surface area contributed by atoms with Gasteiger partial charge in [-0.25, -0.2) is 9.97 Å². The van der Waals surface area contributed by atoms with Crippen LogP contribution < -0.4 is 10.6 Å². The zero-order valence-electron chi connectivity index (χ0n) is 9.34. The van der Waals surface area contributed by atoms with Crippen molar-refractivity contribution in [2.24, 2.45) is 0 Å². The quantitative estimate of drug-likeness (QED) is 0.752. The van der Waals surface area contributed by atoms with Crippen molar-refractivity contribution in [3.63, 3.8) is 0 Å². The van der Waals surface area contributed by atoms with Gasteiger partial charge in [0.25, 0.3) is 0 Å². The molecule has 0 amide bonds. The molecule has 0 aromatic carbocycles. The summed E-state index contributed by atoms with van der Waals surface area (Å²) in [6, 6.07) is 1.33. The Kier molecular flexibility index (Phi) is 4.11. The fraction of sp³-hybridized carbons (Fsp3) is 0.556. The van der Waals surface area contributed by atoms with Gasteiger partial charge in [-0.05, 0) is 6.92 Å². The molecule has 0 bridgehead atoms. The van der Waals surface area contributed by atoms with Gasteiger partial charge < -0.3 is 15.7 Å². The van der Waals surface area contributed by atoms with Crippen LogP contribution in [0.3, 0.4) is 0 Å². The van der Waals surface area contributed by atoms with Crippen LogP contribution in [-0.2, 0) is 6.18 Å². The second-order valence-corrected chi connectivity index (χ2v) is 3.44. The molecule has 0 aliphatic heterocycles. The molecule has 0 saturated carbocycles. The zero-order chi connectivity index (χ0) is 13.1. The van der Waals surface area contributed by atoms with E-state index in [1.165, 1.54) is 20.0 Å². The van der Waals surface area contributed by atoms with Gasteiger partial charge >= 0.3 is 6.18 Å². The zero-order valence-corrected chi connectivity index (χ0v) is 9.34. The van der Waals surface area contributed by atoms with E-state index in [2.05, 4.69) is 20.6 Å². The first kappa shape index (κ1) is 13.5. The van der Waals surface area contributed by atoms with Gasteiger partial charge in [0.05, 0.1) is 6.10 Å². The number of anilines is 2. The number of halogens is 3. The van der Waals surface area contributed by atoms with E-state index in [1.807, 2.05) is 0 Å². The second-order valence-electron chi connectivity index (χ2n) is 3.44. The third-order valence-electron chi connectivity index (χ3n) is 1.81. The predicted molar refractivity (Wildman–Crippen MR) is 56.8 cm³/mol. The SMILES string of the molecule is CNc1cc(NCC(C)O)nc(C(F)(F)F)n1. The monoisotopic (exact) mass is 250 g/mol. The molecular formula is C9H13F3N4O. The van der Waals surface area contributed by atoms with E-state index in [-0.39, 0.29) is 18.2 Å². The van der Waals surface area contributed by atoms with Crippen LogP contribution in [0, 0.1) is 0 Å². The third kappa shape index (κ3) is 4.06. The van der Waals surface area contributed by atoms with E-state index in [1.54, 1.807) is 0 Å². The first-order valence-corrected chi connectivity index (χ1v) is 4.89. The molecule has 0 fully saturated rings. The Hall–Kier alpha value is -1.57. The maximum absolute atomic E-state index is 12.5. The summed E-state index contributed by atoms with van der Waals surface area (Å²) >= 11 is 0. The van der Waals surface area contributed by atoms with Crippen LogP contribution in [0.1, 0.15) is 12.7 Å². The van der Waals surface area contributed by atoms with Crippen LogP contribution in [0.15, 0.2) is 6.07 Å².